The fraction of sp³-hybridized carbons (Fsp3) is 0.300. The van der Waals surface area contributed by atoms with Gasteiger partial charge in [0.25, 0.3) is 0 Å². The maximum atomic E-state index is 11.5. The Morgan fingerprint density at radius 1 is 1.47 bits per heavy atom. The summed E-state index contributed by atoms with van der Waals surface area (Å²) >= 11 is 0. The summed E-state index contributed by atoms with van der Waals surface area (Å²) in [6, 6.07) is 4.25. The molecule has 0 fully saturated rings. The van der Waals surface area contributed by atoms with Crippen LogP contribution in [0.2, 0.25) is 0 Å². The van der Waals surface area contributed by atoms with Crippen molar-refractivity contribution >= 4 is 27.1 Å². The Morgan fingerprint density at radius 2 is 2.12 bits per heavy atom. The lowest BCUT2D eigenvalue weighted by atomic mass is 10.2. The number of methoxy groups -OCH3 is 1. The van der Waals surface area contributed by atoms with Gasteiger partial charge in [-0.15, -0.1) is 4.36 Å². The van der Waals surface area contributed by atoms with E-state index >= 15 is 0 Å². The van der Waals surface area contributed by atoms with Crippen LogP contribution in [-0.4, -0.2) is 29.9 Å². The van der Waals surface area contributed by atoms with Crippen molar-refractivity contribution < 1.29 is 13.7 Å². The number of hydrogen-bond acceptors (Lipinski definition) is 4. The molecule has 6 nitrogen and oxygen atoms in total. The van der Waals surface area contributed by atoms with E-state index in [9.17, 15) is 9.00 Å². The molecule has 1 rings (SSSR count). The molecule has 0 unspecified atom stereocenters. The van der Waals surface area contributed by atoms with Gasteiger partial charge in [-0.1, -0.05) is 6.07 Å². The number of carbonyl (C=O) groups is 1. The quantitative estimate of drug-likeness (QED) is 0.786. The Labute approximate surface area is 100 Å². The van der Waals surface area contributed by atoms with Gasteiger partial charge in [-0.25, -0.2) is 9.00 Å². The minimum atomic E-state index is -2.48. The van der Waals surface area contributed by atoms with Crippen LogP contribution in [0, 0.1) is 0 Å². The zero-order chi connectivity index (χ0) is 13.1. The minimum absolute atomic E-state index is 0.356. The first-order valence-electron chi connectivity index (χ1n) is 4.74. The molecule has 3 N–H and O–H groups in total. The number of anilines is 2. The highest BCUT2D eigenvalue weighted by Crippen LogP contribution is 2.30. The standard InChI is InChI=1S/C10H15N3O3S/c1-16-9-7(11)5-4-6-8(9)12-10(14)13-17(2,3)15/h4-6H,11H2,1-3H3,(H,12,14). The fourth-order valence-electron chi connectivity index (χ4n) is 1.22. The predicted molar refractivity (Wildman–Crippen MR) is 68.8 cm³/mol. The van der Waals surface area contributed by atoms with E-state index in [1.165, 1.54) is 19.6 Å². The van der Waals surface area contributed by atoms with Gasteiger partial charge in [0.15, 0.2) is 5.75 Å². The number of nitrogens with one attached hydrogen (secondary N) is 1. The van der Waals surface area contributed by atoms with E-state index in [2.05, 4.69) is 9.68 Å². The lowest BCUT2D eigenvalue weighted by molar-refractivity contribution is 0.260. The van der Waals surface area contributed by atoms with E-state index in [0.717, 1.165) is 0 Å². The molecule has 2 amide bonds. The van der Waals surface area contributed by atoms with Gasteiger partial charge in [0.05, 0.1) is 28.2 Å². The van der Waals surface area contributed by atoms with Gasteiger partial charge in [0, 0.05) is 12.5 Å². The van der Waals surface area contributed by atoms with Crippen LogP contribution in [0.5, 0.6) is 5.75 Å². The molecule has 0 saturated carbocycles. The van der Waals surface area contributed by atoms with Crippen molar-refractivity contribution in [1.82, 2.24) is 0 Å². The summed E-state index contributed by atoms with van der Waals surface area (Å²) in [5, 5.41) is 2.47. The van der Waals surface area contributed by atoms with Gasteiger partial charge in [-0.05, 0) is 12.1 Å². The number of benzene rings is 1. The van der Waals surface area contributed by atoms with Gasteiger partial charge in [-0.2, -0.15) is 0 Å². The molecule has 1 aromatic carbocycles. The summed E-state index contributed by atoms with van der Waals surface area (Å²) in [5.74, 6) is 0.356. The molecule has 0 spiro atoms. The Morgan fingerprint density at radius 3 is 2.65 bits per heavy atom. The van der Waals surface area contributed by atoms with Gasteiger partial charge >= 0.3 is 6.03 Å². The van der Waals surface area contributed by atoms with Crippen LogP contribution in [0.3, 0.4) is 0 Å². The molecule has 0 aromatic heterocycles. The molecule has 0 bridgehead atoms. The van der Waals surface area contributed by atoms with Crippen molar-refractivity contribution in [2.24, 2.45) is 4.36 Å². The second-order valence-corrected chi connectivity index (χ2v) is 6.18. The number of nitrogens with zero attached hydrogens (tertiary/aromatic N) is 1. The highest BCUT2D eigenvalue weighted by molar-refractivity contribution is 7.92. The zero-order valence-electron chi connectivity index (χ0n) is 9.89. The Balaban J connectivity index is 3.01. The average Bonchev–Trinajstić information content (AvgIpc) is 2.14. The van der Waals surface area contributed by atoms with E-state index in [1.807, 2.05) is 0 Å². The maximum absolute atomic E-state index is 11.5. The van der Waals surface area contributed by atoms with Crippen molar-refractivity contribution in [3.05, 3.63) is 18.2 Å². The number of nitrogens with two attached hydrogens (primary N) is 1. The highest BCUT2D eigenvalue weighted by Gasteiger charge is 2.09. The van der Waals surface area contributed by atoms with Crippen LogP contribution in [0.1, 0.15) is 0 Å². The molecule has 0 aliphatic heterocycles. The van der Waals surface area contributed by atoms with Gasteiger partial charge in [0.2, 0.25) is 0 Å². The van der Waals surface area contributed by atoms with E-state index in [1.54, 1.807) is 18.2 Å². The molecular weight excluding hydrogens is 242 g/mol. The molecule has 0 atom stereocenters. The lowest BCUT2D eigenvalue weighted by Crippen LogP contribution is -2.10. The molecular formula is C10H15N3O3S. The molecule has 0 saturated heterocycles. The molecule has 17 heavy (non-hydrogen) atoms. The zero-order valence-corrected chi connectivity index (χ0v) is 10.7. The maximum Gasteiger partial charge on any atom is 0.353 e. The molecule has 7 heteroatoms. The topological polar surface area (TPSA) is 93.8 Å². The summed E-state index contributed by atoms with van der Waals surface area (Å²) in [7, 11) is -1.04. The van der Waals surface area contributed by atoms with E-state index in [0.29, 0.717) is 17.1 Å². The normalized spacial score (nSPS) is 10.8. The Kier molecular flexibility index (Phi) is 3.95. The highest BCUT2D eigenvalue weighted by atomic mass is 32.2. The summed E-state index contributed by atoms with van der Waals surface area (Å²) in [5.41, 5.74) is 6.47. The summed E-state index contributed by atoms with van der Waals surface area (Å²) in [6.45, 7) is 0. The number of ether oxygens (including phenoxy) is 1. The van der Waals surface area contributed by atoms with Crippen molar-refractivity contribution in [2.75, 3.05) is 30.7 Å². The molecule has 1 aromatic rings. The monoisotopic (exact) mass is 257 g/mol. The Hall–Kier alpha value is -1.76. The van der Waals surface area contributed by atoms with Crippen molar-refractivity contribution in [3.8, 4) is 5.75 Å². The van der Waals surface area contributed by atoms with Crippen LogP contribution >= 0.6 is 0 Å². The lowest BCUT2D eigenvalue weighted by Gasteiger charge is -2.10. The second-order valence-electron chi connectivity index (χ2n) is 3.63. The summed E-state index contributed by atoms with van der Waals surface area (Å²) in [4.78, 5) is 11.5. The minimum Gasteiger partial charge on any atom is -0.492 e. The van der Waals surface area contributed by atoms with Crippen LogP contribution in [0.25, 0.3) is 0 Å². The van der Waals surface area contributed by atoms with Crippen LogP contribution in [-0.2, 0) is 9.73 Å². The smallest absolute Gasteiger partial charge is 0.353 e. The first kappa shape index (κ1) is 13.3. The summed E-state index contributed by atoms with van der Waals surface area (Å²) < 4.78 is 19.9. The molecule has 94 valence electrons. The Bertz CT molecular complexity index is 540. The fourth-order valence-corrected chi connectivity index (χ4v) is 1.66. The van der Waals surface area contributed by atoms with Crippen LogP contribution in [0.15, 0.2) is 22.6 Å². The molecule has 0 aliphatic rings. The van der Waals surface area contributed by atoms with Crippen molar-refractivity contribution in [1.29, 1.82) is 0 Å². The number of nitrogen functional groups attached to an aromatic ring is 1. The first-order chi connectivity index (χ1) is 7.83. The number of urea groups is 1. The van der Waals surface area contributed by atoms with Crippen LogP contribution in [0.4, 0.5) is 16.2 Å². The number of amides is 2. The van der Waals surface area contributed by atoms with Crippen molar-refractivity contribution in [3.63, 3.8) is 0 Å². The molecule has 0 radical (unpaired) electrons. The SMILES string of the molecule is COc1c(N)cccc1NC(=O)N=S(C)(C)=O. The predicted octanol–water partition coefficient (Wildman–Crippen LogP) is 1.54. The third kappa shape index (κ3) is 3.95. The van der Waals surface area contributed by atoms with Gasteiger partial charge < -0.3 is 15.8 Å². The third-order valence-electron chi connectivity index (χ3n) is 1.79. The van der Waals surface area contributed by atoms with E-state index < -0.39 is 15.8 Å². The third-order valence-corrected chi connectivity index (χ3v) is 2.40. The average molecular weight is 257 g/mol. The van der Waals surface area contributed by atoms with Crippen molar-refractivity contribution in [2.45, 2.75) is 0 Å². The van der Waals surface area contributed by atoms with Gasteiger partial charge in [-0.3, -0.25) is 0 Å². The summed E-state index contributed by atoms with van der Waals surface area (Å²) in [6.07, 6.45) is 2.76. The molecule has 0 aliphatic carbocycles. The largest absolute Gasteiger partial charge is 0.492 e. The number of para-hydroxylation sites is 1. The molecule has 0 heterocycles. The number of carbonyl (C=O) groups excluding carboxylic acids is 1. The van der Waals surface area contributed by atoms with Gasteiger partial charge in [0.1, 0.15) is 0 Å². The van der Waals surface area contributed by atoms with Crippen LogP contribution < -0.4 is 15.8 Å². The number of rotatable bonds is 2. The number of hydrogen-bond donors (Lipinski definition) is 2. The van der Waals surface area contributed by atoms with E-state index in [-0.39, 0.29) is 0 Å². The van der Waals surface area contributed by atoms with E-state index in [4.69, 9.17) is 10.5 Å². The second kappa shape index (κ2) is 5.05. The first-order valence-corrected chi connectivity index (χ1v) is 7.07.